The lowest BCUT2D eigenvalue weighted by Gasteiger charge is -2.27. The fourth-order valence-electron chi connectivity index (χ4n) is 2.37. The van der Waals surface area contributed by atoms with Crippen molar-refractivity contribution in [3.8, 4) is 0 Å². The Labute approximate surface area is 135 Å². The number of benzene rings is 1. The van der Waals surface area contributed by atoms with E-state index in [0.29, 0.717) is 0 Å². The molecule has 0 aliphatic carbocycles. The molecule has 0 spiro atoms. The molecule has 1 aromatic rings. The molecule has 0 saturated carbocycles. The minimum atomic E-state index is -1.44. The number of ether oxygens (including phenoxy) is 2. The third-order valence-electron chi connectivity index (χ3n) is 3.42. The maximum absolute atomic E-state index is 14.1. The third-order valence-corrected chi connectivity index (χ3v) is 3.42. The van der Waals surface area contributed by atoms with E-state index in [0.717, 1.165) is 10.5 Å². The first-order valence-corrected chi connectivity index (χ1v) is 7.62. The van der Waals surface area contributed by atoms with Crippen LogP contribution in [0.3, 0.4) is 0 Å². The van der Waals surface area contributed by atoms with Gasteiger partial charge in [0, 0.05) is 6.54 Å². The Morgan fingerprint density at radius 1 is 1.26 bits per heavy atom. The number of likely N-dealkylation sites (tertiary alicyclic amines) is 1. The molecular weight excluding hydrogens is 301 g/mol. The van der Waals surface area contributed by atoms with Gasteiger partial charge in [-0.05, 0) is 32.8 Å². The first-order chi connectivity index (χ1) is 10.8. The lowest BCUT2D eigenvalue weighted by Crippen LogP contribution is -2.46. The van der Waals surface area contributed by atoms with E-state index in [1.54, 1.807) is 32.9 Å². The van der Waals surface area contributed by atoms with Gasteiger partial charge in [-0.15, -0.1) is 0 Å². The van der Waals surface area contributed by atoms with Gasteiger partial charge in [-0.25, -0.2) is 14.0 Å². The molecule has 0 bridgehead atoms. The van der Waals surface area contributed by atoms with Gasteiger partial charge in [0.2, 0.25) is 0 Å². The maximum Gasteiger partial charge on any atom is 0.411 e. The first-order valence-electron chi connectivity index (χ1n) is 7.62. The minimum Gasteiger partial charge on any atom is -0.459 e. The second-order valence-electron chi connectivity index (χ2n) is 6.52. The van der Waals surface area contributed by atoms with Crippen molar-refractivity contribution in [2.24, 2.45) is 0 Å². The van der Waals surface area contributed by atoms with Crippen LogP contribution in [0.5, 0.6) is 0 Å². The molecule has 1 fully saturated rings. The van der Waals surface area contributed by atoms with Crippen LogP contribution in [-0.2, 0) is 20.9 Å². The standard InChI is InChI=1S/C17H22FNO4/c1-17(2,3)23-16(21)19-10-9-13(18)14(19)15(20)22-11-12-7-5-4-6-8-12/h4-8,13-14H,9-11H2,1-3H3/t13-,14-/m0/s1. The number of halogens is 1. The minimum absolute atomic E-state index is 0.0467. The molecule has 1 saturated heterocycles. The Balaban J connectivity index is 1.99. The summed E-state index contributed by atoms with van der Waals surface area (Å²) in [4.78, 5) is 25.4. The van der Waals surface area contributed by atoms with E-state index in [1.165, 1.54) is 0 Å². The number of hydrogen-bond acceptors (Lipinski definition) is 4. The van der Waals surface area contributed by atoms with Crippen molar-refractivity contribution in [2.75, 3.05) is 6.54 Å². The number of hydrogen-bond donors (Lipinski definition) is 0. The number of carbonyl (C=O) groups excluding carboxylic acids is 2. The SMILES string of the molecule is CC(C)(C)OC(=O)N1CC[C@H](F)[C@H]1C(=O)OCc1ccccc1. The Morgan fingerprint density at radius 3 is 2.52 bits per heavy atom. The largest absolute Gasteiger partial charge is 0.459 e. The molecule has 0 unspecified atom stereocenters. The van der Waals surface area contributed by atoms with Gasteiger partial charge in [0.15, 0.2) is 6.04 Å². The van der Waals surface area contributed by atoms with Crippen molar-refractivity contribution in [1.29, 1.82) is 0 Å². The Hall–Kier alpha value is -2.11. The van der Waals surface area contributed by atoms with Crippen LogP contribution < -0.4 is 0 Å². The number of alkyl halides is 1. The molecule has 0 radical (unpaired) electrons. The van der Waals surface area contributed by atoms with Crippen LogP contribution in [0.2, 0.25) is 0 Å². The van der Waals surface area contributed by atoms with Crippen molar-refractivity contribution in [2.45, 2.75) is 51.6 Å². The second kappa shape index (κ2) is 6.98. The molecule has 1 aliphatic rings. The molecule has 1 heterocycles. The van der Waals surface area contributed by atoms with Crippen molar-refractivity contribution < 1.29 is 23.5 Å². The smallest absolute Gasteiger partial charge is 0.411 e. The number of esters is 1. The van der Waals surface area contributed by atoms with Crippen LogP contribution in [0.1, 0.15) is 32.8 Å². The van der Waals surface area contributed by atoms with E-state index in [2.05, 4.69) is 0 Å². The summed E-state index contributed by atoms with van der Waals surface area (Å²) in [7, 11) is 0. The topological polar surface area (TPSA) is 55.8 Å². The molecule has 6 heteroatoms. The van der Waals surface area contributed by atoms with Gasteiger partial charge in [-0.1, -0.05) is 30.3 Å². The molecule has 2 rings (SSSR count). The maximum atomic E-state index is 14.1. The summed E-state index contributed by atoms with van der Waals surface area (Å²) in [6, 6.07) is 7.87. The van der Waals surface area contributed by atoms with Crippen molar-refractivity contribution in [3.05, 3.63) is 35.9 Å². The molecule has 1 amide bonds. The summed E-state index contributed by atoms with van der Waals surface area (Å²) >= 11 is 0. The summed E-state index contributed by atoms with van der Waals surface area (Å²) in [5, 5.41) is 0. The quantitative estimate of drug-likeness (QED) is 0.802. The van der Waals surface area contributed by atoms with Crippen molar-refractivity contribution in [1.82, 2.24) is 4.90 Å². The van der Waals surface area contributed by atoms with E-state index < -0.39 is 29.9 Å². The van der Waals surface area contributed by atoms with Gasteiger partial charge in [0.05, 0.1) is 0 Å². The number of amides is 1. The summed E-state index contributed by atoms with van der Waals surface area (Å²) in [6.07, 6.45) is -2.03. The lowest BCUT2D eigenvalue weighted by atomic mass is 10.2. The molecular formula is C17H22FNO4. The van der Waals surface area contributed by atoms with Gasteiger partial charge in [-0.3, -0.25) is 4.90 Å². The van der Waals surface area contributed by atoms with Crippen LogP contribution in [0.15, 0.2) is 30.3 Å². The lowest BCUT2D eigenvalue weighted by molar-refractivity contribution is -0.151. The molecule has 1 aliphatic heterocycles. The number of carbonyl (C=O) groups is 2. The van der Waals surface area contributed by atoms with Gasteiger partial charge in [-0.2, -0.15) is 0 Å². The monoisotopic (exact) mass is 323 g/mol. The summed E-state index contributed by atoms with van der Waals surface area (Å²) in [5.41, 5.74) is 0.0994. The normalized spacial score (nSPS) is 21.1. The van der Waals surface area contributed by atoms with Crippen LogP contribution >= 0.6 is 0 Å². The molecule has 1 aromatic carbocycles. The zero-order chi connectivity index (χ0) is 17.0. The molecule has 23 heavy (non-hydrogen) atoms. The fraction of sp³-hybridized carbons (Fsp3) is 0.529. The highest BCUT2D eigenvalue weighted by molar-refractivity contribution is 5.83. The molecule has 126 valence electrons. The molecule has 0 N–H and O–H groups in total. The van der Waals surface area contributed by atoms with E-state index in [4.69, 9.17) is 9.47 Å². The zero-order valence-corrected chi connectivity index (χ0v) is 13.6. The predicted octanol–water partition coefficient (Wildman–Crippen LogP) is 3.08. The zero-order valence-electron chi connectivity index (χ0n) is 13.6. The number of rotatable bonds is 3. The van der Waals surface area contributed by atoms with E-state index in [1.807, 2.05) is 18.2 Å². The summed E-state index contributed by atoms with van der Waals surface area (Å²) < 4.78 is 24.4. The van der Waals surface area contributed by atoms with Crippen LogP contribution in [0.25, 0.3) is 0 Å². The first kappa shape index (κ1) is 17.2. The fourth-order valence-corrected chi connectivity index (χ4v) is 2.37. The van der Waals surface area contributed by atoms with Gasteiger partial charge < -0.3 is 9.47 Å². The van der Waals surface area contributed by atoms with Crippen LogP contribution in [-0.4, -0.2) is 41.3 Å². The molecule has 2 atom stereocenters. The van der Waals surface area contributed by atoms with Gasteiger partial charge in [0.1, 0.15) is 18.4 Å². The van der Waals surface area contributed by atoms with Gasteiger partial charge >= 0.3 is 12.1 Å². The van der Waals surface area contributed by atoms with Gasteiger partial charge in [0.25, 0.3) is 0 Å². The average Bonchev–Trinajstić information content (AvgIpc) is 2.86. The van der Waals surface area contributed by atoms with E-state index in [9.17, 15) is 14.0 Å². The molecule has 5 nitrogen and oxygen atoms in total. The highest BCUT2D eigenvalue weighted by atomic mass is 19.1. The van der Waals surface area contributed by atoms with E-state index >= 15 is 0 Å². The average molecular weight is 323 g/mol. The van der Waals surface area contributed by atoms with Crippen LogP contribution in [0.4, 0.5) is 9.18 Å². The summed E-state index contributed by atoms with van der Waals surface area (Å²) in [5.74, 6) is -0.746. The Morgan fingerprint density at radius 2 is 1.91 bits per heavy atom. The Kier molecular flexibility index (Phi) is 5.23. The highest BCUT2D eigenvalue weighted by Gasteiger charge is 2.44. The third kappa shape index (κ3) is 4.68. The van der Waals surface area contributed by atoms with Crippen molar-refractivity contribution >= 4 is 12.1 Å². The molecule has 0 aromatic heterocycles. The highest BCUT2D eigenvalue weighted by Crippen LogP contribution is 2.25. The summed E-state index contributed by atoms with van der Waals surface area (Å²) in [6.45, 7) is 5.34. The predicted molar refractivity (Wildman–Crippen MR) is 82.5 cm³/mol. The Bertz CT molecular complexity index is 555. The van der Waals surface area contributed by atoms with Crippen LogP contribution in [0, 0.1) is 0 Å². The van der Waals surface area contributed by atoms with E-state index in [-0.39, 0.29) is 19.6 Å². The number of nitrogens with zero attached hydrogens (tertiary/aromatic N) is 1. The van der Waals surface area contributed by atoms with Crippen molar-refractivity contribution in [3.63, 3.8) is 0 Å². The second-order valence-corrected chi connectivity index (χ2v) is 6.52.